The first-order valence-electron chi connectivity index (χ1n) is 7.03. The monoisotopic (exact) mass is 396 g/mol. The fourth-order valence-electron chi connectivity index (χ4n) is 2.14. The van der Waals surface area contributed by atoms with Crippen LogP contribution in [-0.2, 0) is 12.8 Å². The SMILES string of the molecule is FC(F)(F)c1cc(COc2ccc(Br)cc2)n(-c2ccccc2)n1. The van der Waals surface area contributed by atoms with Gasteiger partial charge in [0.1, 0.15) is 12.4 Å². The Balaban J connectivity index is 1.90. The Morgan fingerprint density at radius 2 is 1.67 bits per heavy atom. The van der Waals surface area contributed by atoms with Gasteiger partial charge in [0.2, 0.25) is 0 Å². The van der Waals surface area contributed by atoms with E-state index in [0.717, 1.165) is 10.5 Å². The number of halogens is 4. The van der Waals surface area contributed by atoms with Crippen LogP contribution in [-0.4, -0.2) is 9.78 Å². The van der Waals surface area contributed by atoms with Crippen molar-refractivity contribution in [3.05, 3.63) is 76.5 Å². The smallest absolute Gasteiger partial charge is 0.435 e. The number of nitrogens with zero attached hydrogens (tertiary/aromatic N) is 2. The number of benzene rings is 2. The molecular formula is C17H12BrF3N2O. The summed E-state index contributed by atoms with van der Waals surface area (Å²) in [5, 5.41) is 3.68. The second-order valence-corrected chi connectivity index (χ2v) is 5.92. The average Bonchev–Trinajstić information content (AvgIpc) is 3.00. The highest BCUT2D eigenvalue weighted by Crippen LogP contribution is 2.30. The van der Waals surface area contributed by atoms with E-state index in [1.807, 2.05) is 0 Å². The van der Waals surface area contributed by atoms with Gasteiger partial charge in [-0.05, 0) is 42.5 Å². The molecule has 0 spiro atoms. The van der Waals surface area contributed by atoms with Crippen molar-refractivity contribution >= 4 is 15.9 Å². The van der Waals surface area contributed by atoms with Gasteiger partial charge < -0.3 is 4.74 Å². The third kappa shape index (κ3) is 3.79. The van der Waals surface area contributed by atoms with Gasteiger partial charge in [0.05, 0.1) is 11.4 Å². The first-order chi connectivity index (χ1) is 11.4. The van der Waals surface area contributed by atoms with Crippen molar-refractivity contribution in [2.75, 3.05) is 0 Å². The van der Waals surface area contributed by atoms with Crippen molar-refractivity contribution in [1.29, 1.82) is 0 Å². The Morgan fingerprint density at radius 3 is 2.29 bits per heavy atom. The van der Waals surface area contributed by atoms with Gasteiger partial charge in [-0.1, -0.05) is 34.1 Å². The van der Waals surface area contributed by atoms with Crippen LogP contribution in [0.3, 0.4) is 0 Å². The highest BCUT2D eigenvalue weighted by molar-refractivity contribution is 9.10. The summed E-state index contributed by atoms with van der Waals surface area (Å²) in [6, 6.07) is 16.7. The minimum Gasteiger partial charge on any atom is -0.487 e. The van der Waals surface area contributed by atoms with E-state index in [9.17, 15) is 13.2 Å². The van der Waals surface area contributed by atoms with Crippen molar-refractivity contribution in [2.45, 2.75) is 12.8 Å². The van der Waals surface area contributed by atoms with Crippen molar-refractivity contribution in [1.82, 2.24) is 9.78 Å². The van der Waals surface area contributed by atoms with Crippen LogP contribution in [0.2, 0.25) is 0 Å². The number of alkyl halides is 3. The van der Waals surface area contributed by atoms with Crippen molar-refractivity contribution in [2.24, 2.45) is 0 Å². The maximum atomic E-state index is 13.0. The first kappa shape index (κ1) is 16.6. The lowest BCUT2D eigenvalue weighted by atomic mass is 10.3. The van der Waals surface area contributed by atoms with E-state index in [2.05, 4.69) is 21.0 Å². The van der Waals surface area contributed by atoms with E-state index in [0.29, 0.717) is 17.1 Å². The summed E-state index contributed by atoms with van der Waals surface area (Å²) in [7, 11) is 0. The van der Waals surface area contributed by atoms with E-state index in [-0.39, 0.29) is 6.61 Å². The highest BCUT2D eigenvalue weighted by atomic mass is 79.9. The predicted molar refractivity (Wildman–Crippen MR) is 87.0 cm³/mol. The Kier molecular flexibility index (Phi) is 4.62. The lowest BCUT2D eigenvalue weighted by molar-refractivity contribution is -0.141. The number of hydrogen-bond acceptors (Lipinski definition) is 2. The number of aromatic nitrogens is 2. The van der Waals surface area contributed by atoms with Gasteiger partial charge in [0.25, 0.3) is 0 Å². The van der Waals surface area contributed by atoms with Gasteiger partial charge in [-0.25, -0.2) is 4.68 Å². The summed E-state index contributed by atoms with van der Waals surface area (Å²) < 4.78 is 46.7. The van der Waals surface area contributed by atoms with Gasteiger partial charge in [-0.3, -0.25) is 0 Å². The largest absolute Gasteiger partial charge is 0.487 e. The number of ether oxygens (including phenoxy) is 1. The Bertz CT molecular complexity index is 814. The van der Waals surface area contributed by atoms with Crippen molar-refractivity contribution in [3.8, 4) is 11.4 Å². The molecule has 2 aromatic carbocycles. The van der Waals surface area contributed by atoms with E-state index in [1.165, 1.54) is 4.68 Å². The Labute approximate surface area is 144 Å². The van der Waals surface area contributed by atoms with Gasteiger partial charge in [0, 0.05) is 4.47 Å². The van der Waals surface area contributed by atoms with Crippen LogP contribution < -0.4 is 4.74 Å². The molecule has 0 N–H and O–H groups in total. The quantitative estimate of drug-likeness (QED) is 0.603. The molecule has 1 aromatic heterocycles. The molecule has 0 amide bonds. The summed E-state index contributed by atoms with van der Waals surface area (Å²) in [6.45, 7) is -0.0282. The standard InChI is InChI=1S/C17H12BrF3N2O/c18-12-6-8-15(9-7-12)24-11-14-10-16(17(19,20)21)22-23(14)13-4-2-1-3-5-13/h1-10H,11H2. The number of hydrogen-bond donors (Lipinski definition) is 0. The fourth-order valence-corrected chi connectivity index (χ4v) is 2.41. The molecule has 0 bridgehead atoms. The lowest BCUT2D eigenvalue weighted by Gasteiger charge is -2.09. The molecular weight excluding hydrogens is 385 g/mol. The lowest BCUT2D eigenvalue weighted by Crippen LogP contribution is -2.08. The molecule has 3 nitrogen and oxygen atoms in total. The number of para-hydroxylation sites is 1. The molecule has 7 heteroatoms. The molecule has 0 saturated carbocycles. The maximum Gasteiger partial charge on any atom is 0.435 e. The minimum absolute atomic E-state index is 0.0282. The van der Waals surface area contributed by atoms with Crippen LogP contribution in [0, 0.1) is 0 Å². The van der Waals surface area contributed by atoms with Gasteiger partial charge in [0.15, 0.2) is 5.69 Å². The summed E-state index contributed by atoms with van der Waals surface area (Å²) in [5.41, 5.74) is -0.0837. The first-order valence-corrected chi connectivity index (χ1v) is 7.83. The number of rotatable bonds is 4. The fraction of sp³-hybridized carbons (Fsp3) is 0.118. The summed E-state index contributed by atoms with van der Waals surface area (Å²) in [6.07, 6.45) is -4.51. The van der Waals surface area contributed by atoms with Crippen molar-refractivity contribution in [3.63, 3.8) is 0 Å². The van der Waals surface area contributed by atoms with E-state index in [1.54, 1.807) is 54.6 Å². The molecule has 124 valence electrons. The van der Waals surface area contributed by atoms with Gasteiger partial charge in [-0.2, -0.15) is 18.3 Å². The zero-order valence-electron chi connectivity index (χ0n) is 12.3. The summed E-state index contributed by atoms with van der Waals surface area (Å²) in [4.78, 5) is 0. The normalized spacial score (nSPS) is 11.5. The van der Waals surface area contributed by atoms with E-state index >= 15 is 0 Å². The Hall–Kier alpha value is -2.28. The van der Waals surface area contributed by atoms with Crippen LogP contribution in [0.5, 0.6) is 5.75 Å². The molecule has 24 heavy (non-hydrogen) atoms. The van der Waals surface area contributed by atoms with Crippen LogP contribution in [0.25, 0.3) is 5.69 Å². The second kappa shape index (κ2) is 6.68. The minimum atomic E-state index is -4.51. The molecule has 0 aliphatic rings. The molecule has 0 aliphatic heterocycles. The predicted octanol–water partition coefficient (Wildman–Crippen LogP) is 5.23. The summed E-state index contributed by atoms with van der Waals surface area (Å²) >= 11 is 3.31. The van der Waals surface area contributed by atoms with Crippen LogP contribution in [0.4, 0.5) is 13.2 Å². The van der Waals surface area contributed by atoms with Crippen LogP contribution in [0.1, 0.15) is 11.4 Å². The zero-order chi connectivity index (χ0) is 17.2. The molecule has 0 saturated heterocycles. The van der Waals surface area contributed by atoms with Crippen LogP contribution >= 0.6 is 15.9 Å². The van der Waals surface area contributed by atoms with E-state index in [4.69, 9.17) is 4.74 Å². The highest BCUT2D eigenvalue weighted by Gasteiger charge is 2.35. The average molecular weight is 397 g/mol. The Morgan fingerprint density at radius 1 is 1.00 bits per heavy atom. The maximum absolute atomic E-state index is 13.0. The molecule has 3 aromatic rings. The van der Waals surface area contributed by atoms with Crippen LogP contribution in [0.15, 0.2) is 65.1 Å². The molecule has 3 rings (SSSR count). The molecule has 0 atom stereocenters. The molecule has 0 aliphatic carbocycles. The molecule has 1 heterocycles. The third-order valence-electron chi connectivity index (χ3n) is 3.27. The molecule has 0 unspecified atom stereocenters. The molecule has 0 radical (unpaired) electrons. The second-order valence-electron chi connectivity index (χ2n) is 5.01. The third-order valence-corrected chi connectivity index (χ3v) is 3.80. The topological polar surface area (TPSA) is 27.1 Å². The zero-order valence-corrected chi connectivity index (χ0v) is 13.9. The summed E-state index contributed by atoms with van der Waals surface area (Å²) in [5.74, 6) is 0.563. The van der Waals surface area contributed by atoms with Gasteiger partial charge in [-0.15, -0.1) is 0 Å². The molecule has 0 fully saturated rings. The van der Waals surface area contributed by atoms with Gasteiger partial charge >= 0.3 is 6.18 Å². The van der Waals surface area contributed by atoms with E-state index < -0.39 is 11.9 Å². The van der Waals surface area contributed by atoms with Crippen molar-refractivity contribution < 1.29 is 17.9 Å².